The average Bonchev–Trinajstić information content (AvgIpc) is 3.16. The number of hydrogen-bond acceptors (Lipinski definition) is 5. The molecule has 25 heavy (non-hydrogen) atoms. The van der Waals surface area contributed by atoms with Crippen molar-refractivity contribution in [3.63, 3.8) is 0 Å². The summed E-state index contributed by atoms with van der Waals surface area (Å²) in [5.74, 6) is 0.00131. The topological polar surface area (TPSA) is 77.1 Å². The van der Waals surface area contributed by atoms with Gasteiger partial charge in [0.15, 0.2) is 0 Å². The predicted octanol–water partition coefficient (Wildman–Crippen LogP) is 3.82. The smallest absolute Gasteiger partial charge is 0.390 e. The van der Waals surface area contributed by atoms with E-state index in [2.05, 4.69) is 21.9 Å². The third-order valence-corrected chi connectivity index (χ3v) is 5.55. The Labute approximate surface area is 144 Å². The third-order valence-electron chi connectivity index (χ3n) is 5.55. The Morgan fingerprint density at radius 3 is 2.72 bits per heavy atom. The van der Waals surface area contributed by atoms with Gasteiger partial charge in [-0.05, 0) is 58.9 Å². The van der Waals surface area contributed by atoms with Gasteiger partial charge in [0.1, 0.15) is 5.82 Å². The summed E-state index contributed by atoms with van der Waals surface area (Å²) < 4.78 is 15.3. The van der Waals surface area contributed by atoms with Gasteiger partial charge in [0.05, 0.1) is 5.54 Å². The molecule has 1 unspecified atom stereocenters. The zero-order valence-electron chi connectivity index (χ0n) is 14.3. The summed E-state index contributed by atoms with van der Waals surface area (Å²) >= 11 is 0. The van der Waals surface area contributed by atoms with Crippen LogP contribution in [0.2, 0.25) is 0 Å². The van der Waals surface area contributed by atoms with E-state index in [1.807, 2.05) is 0 Å². The number of aromatic nitrogens is 3. The molecule has 1 spiro atoms. The number of fused-ring (bicyclic) bond motifs is 1. The van der Waals surface area contributed by atoms with Gasteiger partial charge in [0, 0.05) is 17.8 Å². The molecule has 2 heterocycles. The highest BCUT2D eigenvalue weighted by atomic mass is 19.1. The van der Waals surface area contributed by atoms with Gasteiger partial charge in [-0.3, -0.25) is 4.90 Å². The molecule has 2 aliphatic rings. The SMILES string of the molecule is CC1CC2(CCCC2)N(c2nc([N+](=O)[O-])nn2C)c2ccc(F)cc21. The molecule has 0 N–H and O–H groups in total. The summed E-state index contributed by atoms with van der Waals surface area (Å²) in [6, 6.07) is 4.78. The maximum atomic E-state index is 13.8. The van der Waals surface area contributed by atoms with Gasteiger partial charge in [0.25, 0.3) is 0 Å². The van der Waals surface area contributed by atoms with Crippen molar-refractivity contribution in [1.82, 2.24) is 14.8 Å². The van der Waals surface area contributed by atoms with Crippen LogP contribution >= 0.6 is 0 Å². The molecule has 132 valence electrons. The van der Waals surface area contributed by atoms with E-state index < -0.39 is 10.9 Å². The molecule has 1 aromatic heterocycles. The van der Waals surface area contributed by atoms with Crippen molar-refractivity contribution < 1.29 is 9.31 Å². The molecule has 4 rings (SSSR count). The molecule has 1 saturated carbocycles. The molecule has 0 bridgehead atoms. The van der Waals surface area contributed by atoms with E-state index in [0.717, 1.165) is 43.4 Å². The molecule has 1 aromatic carbocycles. The largest absolute Gasteiger partial charge is 0.493 e. The van der Waals surface area contributed by atoms with Gasteiger partial charge in [-0.1, -0.05) is 19.8 Å². The molecule has 2 aromatic rings. The first-order valence-corrected chi connectivity index (χ1v) is 8.56. The lowest BCUT2D eigenvalue weighted by Gasteiger charge is -2.47. The van der Waals surface area contributed by atoms with E-state index in [4.69, 9.17) is 0 Å². The van der Waals surface area contributed by atoms with Crippen molar-refractivity contribution in [1.29, 1.82) is 0 Å². The molecule has 0 radical (unpaired) electrons. The van der Waals surface area contributed by atoms with Crippen molar-refractivity contribution in [2.45, 2.75) is 50.5 Å². The van der Waals surface area contributed by atoms with Gasteiger partial charge in [-0.15, -0.1) is 0 Å². The number of benzene rings is 1. The Bertz CT molecular complexity index is 844. The van der Waals surface area contributed by atoms with E-state index >= 15 is 0 Å². The van der Waals surface area contributed by atoms with Crippen LogP contribution in [0.4, 0.5) is 22.0 Å². The first kappa shape index (κ1) is 16.0. The first-order valence-electron chi connectivity index (χ1n) is 8.56. The van der Waals surface area contributed by atoms with E-state index in [0.29, 0.717) is 5.95 Å². The van der Waals surface area contributed by atoms with Crippen LogP contribution < -0.4 is 4.90 Å². The van der Waals surface area contributed by atoms with Gasteiger partial charge in [-0.2, -0.15) is 4.68 Å². The van der Waals surface area contributed by atoms with E-state index in [9.17, 15) is 14.5 Å². The predicted molar refractivity (Wildman–Crippen MR) is 90.4 cm³/mol. The highest BCUT2D eigenvalue weighted by molar-refractivity contribution is 5.68. The van der Waals surface area contributed by atoms with Crippen molar-refractivity contribution in [3.8, 4) is 0 Å². The van der Waals surface area contributed by atoms with E-state index in [1.165, 1.54) is 10.7 Å². The Morgan fingerprint density at radius 1 is 1.36 bits per heavy atom. The highest BCUT2D eigenvalue weighted by Crippen LogP contribution is 2.53. The number of rotatable bonds is 2. The minimum Gasteiger partial charge on any atom is -0.390 e. The van der Waals surface area contributed by atoms with Crippen LogP contribution in [-0.4, -0.2) is 25.2 Å². The van der Waals surface area contributed by atoms with Crippen LogP contribution in [0.3, 0.4) is 0 Å². The zero-order valence-corrected chi connectivity index (χ0v) is 14.3. The van der Waals surface area contributed by atoms with E-state index in [1.54, 1.807) is 19.2 Å². The molecule has 1 aliphatic heterocycles. The Hall–Kier alpha value is -2.51. The van der Waals surface area contributed by atoms with Gasteiger partial charge < -0.3 is 10.1 Å². The van der Waals surface area contributed by atoms with Gasteiger partial charge >= 0.3 is 11.9 Å². The number of nitro groups is 1. The maximum absolute atomic E-state index is 13.8. The quantitative estimate of drug-likeness (QED) is 0.611. The standard InChI is InChI=1S/C17H20FN5O2/c1-11-10-17(7-3-4-8-17)22(14-6-5-12(18)9-13(11)14)16-19-15(23(24)25)20-21(16)2/h5-6,9,11H,3-4,7-8,10H2,1-2H3. The van der Waals surface area contributed by atoms with Crippen LogP contribution in [-0.2, 0) is 7.05 Å². The highest BCUT2D eigenvalue weighted by Gasteiger charge is 2.49. The second kappa shape index (κ2) is 5.50. The van der Waals surface area contributed by atoms with Crippen LogP contribution in [0.25, 0.3) is 0 Å². The molecule has 1 aliphatic carbocycles. The van der Waals surface area contributed by atoms with Gasteiger partial charge in [0.2, 0.25) is 0 Å². The van der Waals surface area contributed by atoms with Crippen LogP contribution in [0.1, 0.15) is 50.5 Å². The lowest BCUT2D eigenvalue weighted by Crippen LogP contribution is -2.49. The Balaban J connectivity index is 1.93. The monoisotopic (exact) mass is 345 g/mol. The molecule has 8 heteroatoms. The zero-order chi connectivity index (χ0) is 17.8. The van der Waals surface area contributed by atoms with E-state index in [-0.39, 0.29) is 17.3 Å². The van der Waals surface area contributed by atoms with Crippen molar-refractivity contribution >= 4 is 17.6 Å². The number of hydrogen-bond donors (Lipinski definition) is 0. The number of aryl methyl sites for hydroxylation is 1. The number of halogens is 1. The lowest BCUT2D eigenvalue weighted by molar-refractivity contribution is -0.394. The first-order chi connectivity index (χ1) is 11.9. The minimum absolute atomic E-state index is 0.140. The molecular formula is C17H20FN5O2. The van der Waals surface area contributed by atoms with Crippen LogP contribution in [0.15, 0.2) is 18.2 Å². The second-order valence-corrected chi connectivity index (χ2v) is 7.17. The van der Waals surface area contributed by atoms with Gasteiger partial charge in [-0.25, -0.2) is 4.39 Å². The number of anilines is 2. The molecule has 1 atom stereocenters. The summed E-state index contributed by atoms with van der Waals surface area (Å²) in [7, 11) is 1.67. The average molecular weight is 345 g/mol. The fraction of sp³-hybridized carbons (Fsp3) is 0.529. The molecular weight excluding hydrogens is 325 g/mol. The van der Waals surface area contributed by atoms with Crippen molar-refractivity contribution in [2.75, 3.05) is 4.90 Å². The molecule has 1 fully saturated rings. The maximum Gasteiger partial charge on any atom is 0.493 e. The summed E-state index contributed by atoms with van der Waals surface area (Å²) in [4.78, 5) is 16.8. The normalized spacial score (nSPS) is 21.6. The lowest BCUT2D eigenvalue weighted by atomic mass is 9.77. The van der Waals surface area contributed by atoms with Crippen molar-refractivity contribution in [2.24, 2.45) is 7.05 Å². The molecule has 0 saturated heterocycles. The second-order valence-electron chi connectivity index (χ2n) is 7.17. The summed E-state index contributed by atoms with van der Waals surface area (Å²) in [6.07, 6.45) is 5.09. The van der Waals surface area contributed by atoms with Crippen molar-refractivity contribution in [3.05, 3.63) is 39.7 Å². The van der Waals surface area contributed by atoms with Crippen LogP contribution in [0.5, 0.6) is 0 Å². The molecule has 0 amide bonds. The summed E-state index contributed by atoms with van der Waals surface area (Å²) in [5.41, 5.74) is 1.66. The Kier molecular flexibility index (Phi) is 3.52. The summed E-state index contributed by atoms with van der Waals surface area (Å²) in [6.45, 7) is 2.12. The fourth-order valence-electron chi connectivity index (χ4n) is 4.57. The third kappa shape index (κ3) is 2.39. The minimum atomic E-state index is -0.580. The fourth-order valence-corrected chi connectivity index (χ4v) is 4.57. The van der Waals surface area contributed by atoms with Crippen LogP contribution in [0, 0.1) is 15.9 Å². The molecule has 7 nitrogen and oxygen atoms in total. The Morgan fingerprint density at radius 2 is 2.08 bits per heavy atom. The number of nitrogens with zero attached hydrogens (tertiary/aromatic N) is 5. The summed E-state index contributed by atoms with van der Waals surface area (Å²) in [5, 5.41) is 15.0.